The molecule has 1 unspecified atom stereocenters. The Balaban J connectivity index is 1.61. The minimum Gasteiger partial charge on any atom is -0.360 e. The second-order valence-corrected chi connectivity index (χ2v) is 7.81. The molecule has 1 atom stereocenters. The van der Waals surface area contributed by atoms with E-state index in [2.05, 4.69) is 15.0 Å². The first-order valence-corrected chi connectivity index (χ1v) is 10.2. The van der Waals surface area contributed by atoms with Crippen molar-refractivity contribution >= 4 is 39.4 Å². The van der Waals surface area contributed by atoms with Gasteiger partial charge < -0.3 is 4.98 Å². The van der Waals surface area contributed by atoms with Crippen LogP contribution in [0.15, 0.2) is 96.4 Å². The first-order chi connectivity index (χ1) is 14.3. The summed E-state index contributed by atoms with van der Waals surface area (Å²) < 4.78 is 0. The van der Waals surface area contributed by atoms with E-state index < -0.39 is 5.25 Å². The smallest absolute Gasteiger partial charge is 0.182 e. The average molecular weight is 395 g/mol. The highest BCUT2D eigenvalue weighted by atomic mass is 32.2. The van der Waals surface area contributed by atoms with E-state index in [9.17, 15) is 4.79 Å². The summed E-state index contributed by atoms with van der Waals surface area (Å²) in [5.74, 6) is 0.0568. The van der Waals surface area contributed by atoms with Crippen LogP contribution >= 0.6 is 11.8 Å². The highest BCUT2D eigenvalue weighted by Crippen LogP contribution is 2.40. The van der Waals surface area contributed by atoms with Crippen LogP contribution in [0.1, 0.15) is 21.2 Å². The number of para-hydroxylation sites is 2. The van der Waals surface area contributed by atoms with Gasteiger partial charge in [0.15, 0.2) is 5.78 Å². The molecule has 4 nitrogen and oxygen atoms in total. The van der Waals surface area contributed by atoms with Crippen LogP contribution in [0.2, 0.25) is 0 Å². The molecule has 0 aliphatic carbocycles. The lowest BCUT2D eigenvalue weighted by Gasteiger charge is -2.16. The molecule has 2 aromatic heterocycles. The Bertz CT molecular complexity index is 1310. The molecule has 0 bridgehead atoms. The Morgan fingerprint density at radius 3 is 2.41 bits per heavy atom. The van der Waals surface area contributed by atoms with E-state index in [4.69, 9.17) is 0 Å². The molecule has 0 saturated heterocycles. The molecular weight excluding hydrogens is 378 g/mol. The summed E-state index contributed by atoms with van der Waals surface area (Å²) in [4.78, 5) is 25.7. The molecule has 29 heavy (non-hydrogen) atoms. The lowest BCUT2D eigenvalue weighted by atomic mass is 10.0. The van der Waals surface area contributed by atoms with Gasteiger partial charge in [0.05, 0.1) is 10.8 Å². The predicted molar refractivity (Wildman–Crippen MR) is 117 cm³/mol. The Labute approximate surface area is 172 Å². The molecule has 0 aliphatic rings. The van der Waals surface area contributed by atoms with E-state index in [0.29, 0.717) is 5.56 Å². The molecule has 5 aromatic rings. The molecule has 0 radical (unpaired) electrons. The van der Waals surface area contributed by atoms with Gasteiger partial charge in [0.1, 0.15) is 11.4 Å². The van der Waals surface area contributed by atoms with Gasteiger partial charge in [0, 0.05) is 28.0 Å². The summed E-state index contributed by atoms with van der Waals surface area (Å²) in [6, 6.07) is 25.6. The summed E-state index contributed by atoms with van der Waals surface area (Å²) in [5, 5.41) is 2.28. The third kappa shape index (κ3) is 3.30. The van der Waals surface area contributed by atoms with Gasteiger partial charge in [0.2, 0.25) is 0 Å². The van der Waals surface area contributed by atoms with E-state index in [0.717, 1.165) is 32.4 Å². The molecular formula is C24H17N3OS. The van der Waals surface area contributed by atoms with Crippen molar-refractivity contribution in [3.63, 3.8) is 0 Å². The van der Waals surface area contributed by atoms with Crippen LogP contribution in [0, 0.1) is 0 Å². The maximum absolute atomic E-state index is 13.7. The van der Waals surface area contributed by atoms with Gasteiger partial charge in [-0.3, -0.25) is 4.79 Å². The lowest BCUT2D eigenvalue weighted by molar-refractivity contribution is 0.0991. The average Bonchev–Trinajstić information content (AvgIpc) is 3.22. The topological polar surface area (TPSA) is 58.6 Å². The largest absolute Gasteiger partial charge is 0.360 e. The molecule has 3 aromatic carbocycles. The fraction of sp³-hybridized carbons (Fsp3) is 0.0417. The van der Waals surface area contributed by atoms with E-state index in [1.165, 1.54) is 11.8 Å². The zero-order valence-electron chi connectivity index (χ0n) is 15.4. The summed E-state index contributed by atoms with van der Waals surface area (Å²) in [7, 11) is 0. The lowest BCUT2D eigenvalue weighted by Crippen LogP contribution is -2.10. The van der Waals surface area contributed by atoms with Crippen molar-refractivity contribution in [2.24, 2.45) is 0 Å². The third-order valence-corrected chi connectivity index (χ3v) is 6.20. The third-order valence-electron chi connectivity index (χ3n) is 4.93. The molecule has 5 rings (SSSR count). The fourth-order valence-corrected chi connectivity index (χ4v) is 4.66. The molecule has 5 heteroatoms. The number of fused-ring (bicyclic) bond motifs is 2. The van der Waals surface area contributed by atoms with Crippen LogP contribution in [0.25, 0.3) is 21.8 Å². The number of nitrogens with zero attached hydrogens (tertiary/aromatic N) is 2. The van der Waals surface area contributed by atoms with Crippen LogP contribution in [-0.4, -0.2) is 20.7 Å². The molecule has 0 fully saturated rings. The Hall–Kier alpha value is -3.44. The predicted octanol–water partition coefficient (Wildman–Crippen LogP) is 5.83. The van der Waals surface area contributed by atoms with Crippen molar-refractivity contribution < 1.29 is 4.79 Å². The molecule has 0 saturated carbocycles. The second kappa shape index (κ2) is 7.53. The van der Waals surface area contributed by atoms with Crippen molar-refractivity contribution in [2.75, 3.05) is 0 Å². The number of Topliss-reactive ketones (excluding diaryl/α,β-unsaturated/α-hetero) is 1. The van der Waals surface area contributed by atoms with Gasteiger partial charge in [0.25, 0.3) is 0 Å². The van der Waals surface area contributed by atoms with Crippen LogP contribution in [0.3, 0.4) is 0 Å². The number of aromatic amines is 1. The number of ketones is 1. The number of carbonyl (C=O) groups is 1. The van der Waals surface area contributed by atoms with Gasteiger partial charge in [-0.1, -0.05) is 78.5 Å². The van der Waals surface area contributed by atoms with Crippen LogP contribution in [0.4, 0.5) is 0 Å². The summed E-state index contributed by atoms with van der Waals surface area (Å²) in [6.07, 6.45) is 3.37. The number of benzene rings is 3. The number of hydrogen-bond donors (Lipinski definition) is 1. The Morgan fingerprint density at radius 1 is 0.828 bits per heavy atom. The van der Waals surface area contributed by atoms with E-state index in [-0.39, 0.29) is 5.78 Å². The fourth-order valence-electron chi connectivity index (χ4n) is 3.50. The molecule has 1 N–H and O–H groups in total. The summed E-state index contributed by atoms with van der Waals surface area (Å²) in [5.41, 5.74) is 3.48. The number of hydrogen-bond acceptors (Lipinski definition) is 4. The molecule has 140 valence electrons. The van der Waals surface area contributed by atoms with Gasteiger partial charge in [-0.25, -0.2) is 9.97 Å². The number of thioether (sulfide) groups is 1. The Kier molecular flexibility index (Phi) is 4.58. The quantitative estimate of drug-likeness (QED) is 0.231. The van der Waals surface area contributed by atoms with Crippen LogP contribution in [0.5, 0.6) is 0 Å². The zero-order chi connectivity index (χ0) is 19.6. The van der Waals surface area contributed by atoms with E-state index >= 15 is 0 Å². The molecule has 0 aliphatic heterocycles. The molecule has 0 spiro atoms. The van der Waals surface area contributed by atoms with E-state index in [1.54, 1.807) is 6.33 Å². The van der Waals surface area contributed by atoms with Crippen LogP contribution < -0.4 is 0 Å². The molecule has 2 heterocycles. The van der Waals surface area contributed by atoms with Crippen molar-refractivity contribution in [3.8, 4) is 0 Å². The number of H-pyrrole nitrogens is 1. The van der Waals surface area contributed by atoms with Crippen molar-refractivity contribution in [2.45, 2.75) is 10.3 Å². The highest BCUT2D eigenvalue weighted by molar-refractivity contribution is 8.00. The summed E-state index contributed by atoms with van der Waals surface area (Å²) in [6.45, 7) is 0. The van der Waals surface area contributed by atoms with Gasteiger partial charge in [-0.05, 0) is 17.7 Å². The Morgan fingerprint density at radius 2 is 1.55 bits per heavy atom. The first-order valence-electron chi connectivity index (χ1n) is 9.33. The number of rotatable bonds is 5. The SMILES string of the molecule is O=C(c1c[nH]c2ccccc12)C(Sc1ncnc2ccccc12)c1ccccc1. The van der Waals surface area contributed by atoms with Crippen molar-refractivity contribution in [3.05, 3.63) is 103 Å². The van der Waals surface area contributed by atoms with Crippen LogP contribution in [-0.2, 0) is 0 Å². The second-order valence-electron chi connectivity index (χ2n) is 6.72. The first kappa shape index (κ1) is 17.6. The van der Waals surface area contributed by atoms with Gasteiger partial charge >= 0.3 is 0 Å². The normalized spacial score (nSPS) is 12.3. The van der Waals surface area contributed by atoms with Crippen molar-refractivity contribution in [1.29, 1.82) is 0 Å². The van der Waals surface area contributed by atoms with Gasteiger partial charge in [-0.2, -0.15) is 0 Å². The number of aromatic nitrogens is 3. The minimum absolute atomic E-state index is 0.0568. The maximum Gasteiger partial charge on any atom is 0.182 e. The monoisotopic (exact) mass is 395 g/mol. The summed E-state index contributed by atoms with van der Waals surface area (Å²) >= 11 is 1.47. The molecule has 0 amide bonds. The van der Waals surface area contributed by atoms with E-state index in [1.807, 2.05) is 85.1 Å². The highest BCUT2D eigenvalue weighted by Gasteiger charge is 2.26. The number of carbonyl (C=O) groups excluding carboxylic acids is 1. The maximum atomic E-state index is 13.7. The number of nitrogens with one attached hydrogen (secondary N) is 1. The zero-order valence-corrected chi connectivity index (χ0v) is 16.3. The standard InChI is InChI=1S/C24H17N3OS/c28-22(19-14-25-20-12-6-4-10-17(19)20)23(16-8-2-1-3-9-16)29-24-18-11-5-7-13-21(18)26-15-27-24/h1-15,23,25H. The minimum atomic E-state index is -0.409. The van der Waals surface area contributed by atoms with Crippen molar-refractivity contribution in [1.82, 2.24) is 15.0 Å². The van der Waals surface area contributed by atoms with Gasteiger partial charge in [-0.15, -0.1) is 0 Å².